The molecule has 0 saturated carbocycles. The lowest BCUT2D eigenvalue weighted by atomic mass is 10.0. The van der Waals surface area contributed by atoms with Gasteiger partial charge < -0.3 is 15.2 Å². The molecule has 1 aromatic heterocycles. The third-order valence-electron chi connectivity index (χ3n) is 6.88. The number of nitrogens with one attached hydrogen (secondary N) is 1. The number of aliphatic carboxylic acids is 1. The summed E-state index contributed by atoms with van der Waals surface area (Å²) in [5.41, 5.74) is 3.78. The molecule has 1 atom stereocenters. The molecule has 0 bridgehead atoms. The maximum atomic E-state index is 12.9. The Morgan fingerprint density at radius 3 is 2.25 bits per heavy atom. The summed E-state index contributed by atoms with van der Waals surface area (Å²) < 4.78 is 44.5. The van der Waals surface area contributed by atoms with E-state index >= 15 is 0 Å². The van der Waals surface area contributed by atoms with Gasteiger partial charge in [-0.2, -0.15) is 5.10 Å². The second kappa shape index (κ2) is 12.6. The van der Waals surface area contributed by atoms with Crippen LogP contribution in [0.1, 0.15) is 35.3 Å². The molecule has 4 aromatic carbocycles. The van der Waals surface area contributed by atoms with Crippen molar-refractivity contribution in [2.24, 2.45) is 0 Å². The summed E-state index contributed by atoms with van der Waals surface area (Å²) in [7, 11) is 0. The Labute approximate surface area is 259 Å². The predicted octanol–water partition coefficient (Wildman–Crippen LogP) is 8.39. The highest BCUT2D eigenvalue weighted by Gasteiger charge is 2.31. The number of alkyl halides is 3. The van der Waals surface area contributed by atoms with Crippen molar-refractivity contribution in [3.8, 4) is 28.3 Å². The topological polar surface area (TPSA) is 93.5 Å². The molecule has 0 unspecified atom stereocenters. The number of halogens is 5. The number of hydrogen-bond donors (Lipinski definition) is 2. The summed E-state index contributed by atoms with van der Waals surface area (Å²) in [6.07, 6.45) is -5.00. The molecular formula is C32H24Cl2F3N3O4. The molecule has 226 valence electrons. The fourth-order valence-corrected chi connectivity index (χ4v) is 5.29. The quantitative estimate of drug-likeness (QED) is 0.169. The third-order valence-corrected chi connectivity index (χ3v) is 7.32. The third kappa shape index (κ3) is 7.32. The molecule has 44 heavy (non-hydrogen) atoms. The molecule has 5 rings (SSSR count). The highest BCUT2D eigenvalue weighted by atomic mass is 35.5. The number of amides is 1. The number of rotatable bonds is 9. The first-order valence-electron chi connectivity index (χ1n) is 13.3. The van der Waals surface area contributed by atoms with Gasteiger partial charge >= 0.3 is 12.3 Å². The molecular weight excluding hydrogens is 618 g/mol. The zero-order valence-electron chi connectivity index (χ0n) is 23.0. The minimum Gasteiger partial charge on any atom is -0.481 e. The molecule has 7 nitrogen and oxygen atoms in total. The van der Waals surface area contributed by atoms with E-state index in [1.165, 1.54) is 12.1 Å². The predicted molar refractivity (Wildman–Crippen MR) is 162 cm³/mol. The van der Waals surface area contributed by atoms with E-state index in [4.69, 9.17) is 33.4 Å². The van der Waals surface area contributed by atoms with E-state index in [1.54, 1.807) is 65.3 Å². The molecule has 0 saturated heterocycles. The van der Waals surface area contributed by atoms with Gasteiger partial charge in [-0.3, -0.25) is 14.3 Å². The summed E-state index contributed by atoms with van der Waals surface area (Å²) in [5, 5.41) is 18.4. The minimum atomic E-state index is -4.82. The monoisotopic (exact) mass is 641 g/mol. The van der Waals surface area contributed by atoms with Crippen LogP contribution >= 0.6 is 23.2 Å². The van der Waals surface area contributed by atoms with Crippen LogP contribution in [0, 0.1) is 0 Å². The molecule has 0 fully saturated rings. The summed E-state index contributed by atoms with van der Waals surface area (Å²) in [4.78, 5) is 23.2. The summed E-state index contributed by atoms with van der Waals surface area (Å²) in [6, 6.07) is 23.0. The van der Waals surface area contributed by atoms with Crippen LogP contribution in [0.15, 0.2) is 84.9 Å². The Morgan fingerprint density at radius 1 is 0.909 bits per heavy atom. The first kappa shape index (κ1) is 30.9. The zero-order valence-corrected chi connectivity index (χ0v) is 24.5. The number of fused-ring (bicyclic) bond motifs is 1. The Bertz CT molecular complexity index is 1840. The molecule has 1 heterocycles. The van der Waals surface area contributed by atoms with Crippen LogP contribution in [0.3, 0.4) is 0 Å². The number of ether oxygens (including phenoxy) is 1. The molecule has 1 amide bonds. The number of aromatic nitrogens is 2. The van der Waals surface area contributed by atoms with Crippen molar-refractivity contribution < 1.29 is 32.6 Å². The van der Waals surface area contributed by atoms with Crippen molar-refractivity contribution in [1.29, 1.82) is 0 Å². The first-order chi connectivity index (χ1) is 20.9. The van der Waals surface area contributed by atoms with Crippen LogP contribution in [0.25, 0.3) is 33.3 Å². The van der Waals surface area contributed by atoms with Crippen LogP contribution < -0.4 is 10.1 Å². The lowest BCUT2D eigenvalue weighted by Gasteiger charge is -2.17. The van der Waals surface area contributed by atoms with Crippen molar-refractivity contribution in [3.05, 3.63) is 106 Å². The highest BCUT2D eigenvalue weighted by molar-refractivity contribution is 6.35. The van der Waals surface area contributed by atoms with Crippen molar-refractivity contribution >= 4 is 45.9 Å². The normalized spacial score (nSPS) is 12.2. The lowest BCUT2D eigenvalue weighted by Crippen LogP contribution is -2.26. The number of carbonyl (C=O) groups excluding carboxylic acids is 1. The first-order valence-corrected chi connectivity index (χ1v) is 14.1. The van der Waals surface area contributed by atoms with Crippen LogP contribution in [0.2, 0.25) is 10.0 Å². The van der Waals surface area contributed by atoms with E-state index in [1.807, 2.05) is 19.1 Å². The van der Waals surface area contributed by atoms with Crippen molar-refractivity contribution in [2.45, 2.75) is 25.7 Å². The number of carboxylic acids is 1. The van der Waals surface area contributed by atoms with Crippen LogP contribution in [-0.2, 0) is 4.79 Å². The Kier molecular flexibility index (Phi) is 8.85. The van der Waals surface area contributed by atoms with Gasteiger partial charge in [-0.15, -0.1) is 13.2 Å². The van der Waals surface area contributed by atoms with Gasteiger partial charge in [0.25, 0.3) is 5.91 Å². The SMILES string of the molecule is C[C@H](c1ccc(C(=O)NCCC(=O)O)cc1)n1nc(-c2cc(Cl)cc(Cl)c2)cc1-c1ccc2ccc(OC(F)(F)F)cc2c1. The van der Waals surface area contributed by atoms with Crippen molar-refractivity contribution in [3.63, 3.8) is 0 Å². The van der Waals surface area contributed by atoms with E-state index < -0.39 is 18.2 Å². The highest BCUT2D eigenvalue weighted by Crippen LogP contribution is 2.35. The van der Waals surface area contributed by atoms with Gasteiger partial charge in [0.15, 0.2) is 0 Å². The fraction of sp³-hybridized carbons (Fsp3) is 0.156. The number of nitrogens with zero attached hydrogens (tertiary/aromatic N) is 2. The molecule has 0 radical (unpaired) electrons. The van der Waals surface area contributed by atoms with E-state index in [9.17, 15) is 22.8 Å². The minimum absolute atomic E-state index is 0.00878. The molecule has 0 aliphatic rings. The van der Waals surface area contributed by atoms with Gasteiger partial charge in [0.05, 0.1) is 23.9 Å². The maximum absolute atomic E-state index is 12.9. The summed E-state index contributed by atoms with van der Waals surface area (Å²) in [5.74, 6) is -1.73. The van der Waals surface area contributed by atoms with E-state index in [2.05, 4.69) is 10.1 Å². The van der Waals surface area contributed by atoms with Crippen molar-refractivity contribution in [1.82, 2.24) is 15.1 Å². The van der Waals surface area contributed by atoms with Crippen LogP contribution in [0.4, 0.5) is 13.2 Å². The van der Waals surface area contributed by atoms with Crippen LogP contribution in [0.5, 0.6) is 5.75 Å². The smallest absolute Gasteiger partial charge is 0.481 e. The second-order valence-electron chi connectivity index (χ2n) is 9.99. The average molecular weight is 642 g/mol. The summed E-state index contributed by atoms with van der Waals surface area (Å²) in [6.45, 7) is 1.93. The fourth-order valence-electron chi connectivity index (χ4n) is 4.77. The number of carbonyl (C=O) groups is 2. The average Bonchev–Trinajstić information content (AvgIpc) is 3.41. The molecule has 12 heteroatoms. The van der Waals surface area contributed by atoms with Gasteiger partial charge in [0.1, 0.15) is 5.75 Å². The van der Waals surface area contributed by atoms with Crippen molar-refractivity contribution in [2.75, 3.05) is 6.54 Å². The standard InChI is InChI=1S/C32H24Cl2F3N3O4/c1-18(19-2-5-21(6-3-19)31(43)38-11-10-30(41)42)40-29(17-28(39-40)24-13-25(33)16-26(34)14-24)22-7-4-20-8-9-27(15-23(20)12-22)44-32(35,36)37/h2-9,12-18H,10-11H2,1H3,(H,38,43)(H,41,42)/t18-/m1/s1. The number of carboxylic acid groups (broad SMARTS) is 1. The largest absolute Gasteiger partial charge is 0.573 e. The van der Waals surface area contributed by atoms with Gasteiger partial charge in [-0.1, -0.05) is 53.5 Å². The number of benzene rings is 4. The van der Waals surface area contributed by atoms with Gasteiger partial charge in [0, 0.05) is 33.3 Å². The maximum Gasteiger partial charge on any atom is 0.573 e. The van der Waals surface area contributed by atoms with E-state index in [0.29, 0.717) is 43.5 Å². The van der Waals surface area contributed by atoms with Gasteiger partial charge in [0.2, 0.25) is 0 Å². The van der Waals surface area contributed by atoms with E-state index in [-0.39, 0.29) is 24.8 Å². The summed E-state index contributed by atoms with van der Waals surface area (Å²) >= 11 is 12.5. The van der Waals surface area contributed by atoms with Gasteiger partial charge in [-0.05, 0) is 77.9 Å². The Balaban J connectivity index is 1.54. The van der Waals surface area contributed by atoms with E-state index in [0.717, 1.165) is 10.9 Å². The molecule has 0 aliphatic carbocycles. The molecule has 2 N–H and O–H groups in total. The molecule has 5 aromatic rings. The number of hydrogen-bond acceptors (Lipinski definition) is 4. The van der Waals surface area contributed by atoms with Crippen LogP contribution in [-0.4, -0.2) is 39.7 Å². The lowest BCUT2D eigenvalue weighted by molar-refractivity contribution is -0.274. The molecule has 0 spiro atoms. The Hall–Kier alpha value is -4.54. The zero-order chi connectivity index (χ0) is 31.6. The Morgan fingerprint density at radius 2 is 1.59 bits per heavy atom. The molecule has 0 aliphatic heterocycles. The van der Waals surface area contributed by atoms with Gasteiger partial charge in [-0.25, -0.2) is 0 Å². The second-order valence-corrected chi connectivity index (χ2v) is 10.9.